The highest BCUT2D eigenvalue weighted by Crippen LogP contribution is 2.28. The molecule has 0 saturated carbocycles. The summed E-state index contributed by atoms with van der Waals surface area (Å²) in [5.41, 5.74) is 8.98. The molecule has 0 aliphatic rings. The number of nitrogens with one attached hydrogen (secondary N) is 2. The minimum Gasteiger partial charge on any atom is -0.335 e. The Bertz CT molecular complexity index is 1510. The Labute approximate surface area is 198 Å². The summed E-state index contributed by atoms with van der Waals surface area (Å²) in [6, 6.07) is 20.7. The second kappa shape index (κ2) is 8.87. The topological polar surface area (TPSA) is 110 Å². The lowest BCUT2D eigenvalue weighted by Gasteiger charge is -2.09. The van der Waals surface area contributed by atoms with Gasteiger partial charge in [0, 0.05) is 11.1 Å². The van der Waals surface area contributed by atoms with Crippen LogP contribution < -0.4 is 10.9 Å². The smallest absolute Gasteiger partial charge is 0.281 e. The van der Waals surface area contributed by atoms with Crippen LogP contribution in [0, 0.1) is 13.8 Å². The molecule has 3 heterocycles. The van der Waals surface area contributed by atoms with Crippen molar-refractivity contribution < 1.29 is 14.1 Å². The molecule has 0 unspecified atom stereocenters. The van der Waals surface area contributed by atoms with Crippen LogP contribution in [0.2, 0.25) is 0 Å². The fourth-order valence-electron chi connectivity index (χ4n) is 3.58. The number of hydrogen-bond donors (Lipinski definition) is 2. The highest BCUT2D eigenvalue weighted by atomic mass is 32.1. The molecule has 0 spiro atoms. The number of pyridine rings is 1. The molecule has 8 nitrogen and oxygen atoms in total. The van der Waals surface area contributed by atoms with Gasteiger partial charge in [-0.2, -0.15) is 0 Å². The van der Waals surface area contributed by atoms with Gasteiger partial charge in [0.15, 0.2) is 0 Å². The van der Waals surface area contributed by atoms with Gasteiger partial charge in [-0.25, -0.2) is 9.97 Å². The van der Waals surface area contributed by atoms with Crippen LogP contribution in [-0.4, -0.2) is 26.9 Å². The minimum absolute atomic E-state index is 0.251. The number of fused-ring (bicyclic) bond motifs is 1. The maximum atomic E-state index is 13.1. The van der Waals surface area contributed by atoms with Gasteiger partial charge in [-0.05, 0) is 19.9 Å². The normalized spacial score (nSPS) is 10.9. The Morgan fingerprint density at radius 2 is 1.47 bits per heavy atom. The van der Waals surface area contributed by atoms with Crippen molar-refractivity contribution in [1.29, 1.82) is 0 Å². The number of aryl methyl sites for hydroxylation is 2. The van der Waals surface area contributed by atoms with Crippen LogP contribution in [-0.2, 0) is 0 Å². The fraction of sp³-hybridized carbons (Fsp3) is 0.0800. The predicted molar refractivity (Wildman–Crippen MR) is 129 cm³/mol. The van der Waals surface area contributed by atoms with E-state index in [4.69, 9.17) is 4.52 Å². The first kappa shape index (κ1) is 21.5. The number of rotatable bonds is 4. The summed E-state index contributed by atoms with van der Waals surface area (Å²) < 4.78 is 5.32. The number of hydrazine groups is 1. The van der Waals surface area contributed by atoms with Crippen molar-refractivity contribution in [3.63, 3.8) is 0 Å². The highest BCUT2D eigenvalue weighted by Gasteiger charge is 2.21. The van der Waals surface area contributed by atoms with E-state index in [1.807, 2.05) is 60.7 Å². The molecule has 5 rings (SSSR count). The maximum Gasteiger partial charge on any atom is 0.281 e. The Morgan fingerprint density at radius 3 is 2.18 bits per heavy atom. The van der Waals surface area contributed by atoms with E-state index in [1.54, 1.807) is 19.9 Å². The molecular formula is C25H19N5O3S. The molecule has 2 aromatic carbocycles. The van der Waals surface area contributed by atoms with Crippen molar-refractivity contribution in [2.75, 3.05) is 0 Å². The van der Waals surface area contributed by atoms with Gasteiger partial charge in [-0.15, -0.1) is 11.3 Å². The van der Waals surface area contributed by atoms with Gasteiger partial charge in [-0.3, -0.25) is 20.4 Å². The molecule has 168 valence electrons. The van der Waals surface area contributed by atoms with Gasteiger partial charge in [0.2, 0.25) is 0 Å². The Balaban J connectivity index is 1.40. The Morgan fingerprint density at radius 1 is 0.824 bits per heavy atom. The molecule has 5 aromatic rings. The lowest BCUT2D eigenvalue weighted by Crippen LogP contribution is -2.41. The largest absolute Gasteiger partial charge is 0.335 e. The summed E-state index contributed by atoms with van der Waals surface area (Å²) in [5, 5.41) is 5.17. The quantitative estimate of drug-likeness (QED) is 0.369. The molecular weight excluding hydrogens is 450 g/mol. The number of hydrogen-bond acceptors (Lipinski definition) is 7. The summed E-state index contributed by atoms with van der Waals surface area (Å²) in [7, 11) is 0. The molecule has 0 radical (unpaired) electrons. The first-order valence-electron chi connectivity index (χ1n) is 10.5. The molecule has 0 aliphatic carbocycles. The van der Waals surface area contributed by atoms with Gasteiger partial charge in [0.1, 0.15) is 9.88 Å². The van der Waals surface area contributed by atoms with E-state index in [-0.39, 0.29) is 5.71 Å². The average molecular weight is 470 g/mol. The monoisotopic (exact) mass is 469 g/mol. The average Bonchev–Trinajstić information content (AvgIpc) is 3.45. The Kier molecular flexibility index (Phi) is 5.60. The fourth-order valence-corrected chi connectivity index (χ4v) is 4.55. The van der Waals surface area contributed by atoms with Crippen molar-refractivity contribution in [1.82, 2.24) is 26.0 Å². The second-order valence-corrected chi connectivity index (χ2v) is 8.58. The van der Waals surface area contributed by atoms with E-state index in [0.29, 0.717) is 32.9 Å². The van der Waals surface area contributed by atoms with Crippen molar-refractivity contribution in [2.24, 2.45) is 0 Å². The minimum atomic E-state index is -0.505. The third-order valence-corrected chi connectivity index (χ3v) is 6.45. The molecule has 2 amide bonds. The van der Waals surface area contributed by atoms with E-state index < -0.39 is 11.8 Å². The van der Waals surface area contributed by atoms with Crippen LogP contribution in [0.4, 0.5) is 0 Å². The third kappa shape index (κ3) is 4.04. The molecule has 0 fully saturated rings. The molecule has 0 saturated heterocycles. The van der Waals surface area contributed by atoms with Crippen molar-refractivity contribution in [3.05, 3.63) is 88.6 Å². The molecule has 3 aromatic heterocycles. The van der Waals surface area contributed by atoms with E-state index >= 15 is 0 Å². The number of thiazole rings is 1. The second-order valence-electron chi connectivity index (χ2n) is 7.58. The number of carbonyl (C=O) groups excluding carboxylic acids is 2. The molecule has 34 heavy (non-hydrogen) atoms. The molecule has 0 bridgehead atoms. The summed E-state index contributed by atoms with van der Waals surface area (Å²) in [4.78, 5) is 35.3. The highest BCUT2D eigenvalue weighted by molar-refractivity contribution is 7.17. The van der Waals surface area contributed by atoms with Gasteiger partial charge in [0.25, 0.3) is 17.5 Å². The zero-order valence-corrected chi connectivity index (χ0v) is 19.1. The first-order chi connectivity index (χ1) is 16.5. The molecule has 0 aliphatic heterocycles. The lowest BCUT2D eigenvalue weighted by molar-refractivity contribution is 0.0849. The van der Waals surface area contributed by atoms with Crippen LogP contribution in [0.5, 0.6) is 0 Å². The number of nitrogens with zero attached hydrogens (tertiary/aromatic N) is 3. The van der Waals surface area contributed by atoms with Crippen molar-refractivity contribution >= 4 is 34.3 Å². The summed E-state index contributed by atoms with van der Waals surface area (Å²) in [6.07, 6.45) is 0. The van der Waals surface area contributed by atoms with E-state index in [2.05, 4.69) is 26.0 Å². The van der Waals surface area contributed by atoms with Gasteiger partial charge >= 0.3 is 0 Å². The van der Waals surface area contributed by atoms with Gasteiger partial charge in [0.05, 0.1) is 28.0 Å². The molecule has 9 heteroatoms. The van der Waals surface area contributed by atoms with Crippen molar-refractivity contribution in [2.45, 2.75) is 13.8 Å². The van der Waals surface area contributed by atoms with Crippen LogP contribution >= 0.6 is 11.3 Å². The summed E-state index contributed by atoms with van der Waals surface area (Å²) >= 11 is 1.26. The predicted octanol–water partition coefficient (Wildman–Crippen LogP) is 4.70. The lowest BCUT2D eigenvalue weighted by atomic mass is 10.1. The third-order valence-electron chi connectivity index (χ3n) is 5.24. The number of benzene rings is 2. The van der Waals surface area contributed by atoms with Crippen LogP contribution in [0.3, 0.4) is 0 Å². The summed E-state index contributed by atoms with van der Waals surface area (Å²) in [6.45, 7) is 3.50. The van der Waals surface area contributed by atoms with Crippen LogP contribution in [0.25, 0.3) is 32.9 Å². The summed E-state index contributed by atoms with van der Waals surface area (Å²) in [5.74, 6) is -0.948. The van der Waals surface area contributed by atoms with E-state index in [9.17, 15) is 9.59 Å². The zero-order valence-electron chi connectivity index (χ0n) is 18.3. The van der Waals surface area contributed by atoms with Crippen molar-refractivity contribution in [3.8, 4) is 21.8 Å². The SMILES string of the molecule is Cc1nc(-c2ccccc2)sc1C(=O)NNC(=O)c1cc(-c2ccccc2)nc2onc(C)c12. The van der Waals surface area contributed by atoms with Crippen LogP contribution in [0.15, 0.2) is 71.3 Å². The maximum absolute atomic E-state index is 13.1. The first-order valence-corrected chi connectivity index (χ1v) is 11.3. The zero-order chi connectivity index (χ0) is 23.7. The standard InChI is InChI=1S/C25H19N5O3S/c1-14-20-18(13-19(27-24(20)33-30-14)16-9-5-3-6-10-16)22(31)28-29-23(32)21-15(2)26-25(34-21)17-11-7-4-8-12-17/h3-13H,1-2H3,(H,28,31)(H,29,32). The molecule has 0 atom stereocenters. The number of aromatic nitrogens is 3. The van der Waals surface area contributed by atoms with Gasteiger partial charge < -0.3 is 4.52 Å². The van der Waals surface area contributed by atoms with E-state index in [1.165, 1.54) is 11.3 Å². The molecule has 2 N–H and O–H groups in total. The Hall–Kier alpha value is -4.37. The van der Waals surface area contributed by atoms with E-state index in [0.717, 1.165) is 16.1 Å². The van der Waals surface area contributed by atoms with Gasteiger partial charge in [-0.1, -0.05) is 65.8 Å². The number of carbonyl (C=O) groups is 2. The number of amides is 2. The van der Waals surface area contributed by atoms with Crippen LogP contribution in [0.1, 0.15) is 31.4 Å².